The lowest BCUT2D eigenvalue weighted by molar-refractivity contribution is -0.139. The van der Waals surface area contributed by atoms with E-state index in [1.165, 1.54) is 0 Å². The van der Waals surface area contributed by atoms with Crippen molar-refractivity contribution in [2.24, 2.45) is 0 Å². The Balaban J connectivity index is 2.72. The Morgan fingerprint density at radius 3 is 1.68 bits per heavy atom. The van der Waals surface area contributed by atoms with E-state index in [1.807, 2.05) is 30.3 Å². The number of benzene rings is 1. The molecule has 0 spiro atoms. The van der Waals surface area contributed by atoms with E-state index in [1.54, 1.807) is 13.8 Å². The number of carbonyl (C=O) groups excluding carboxylic acids is 2. The first kappa shape index (κ1) is 21.7. The standard InChI is InChI=1S/C23H31NO4/c1-5-12-17-20(22(25)27-7-3)19(16-14-10-9-11-15-16)21(23(26)28-8-4)18(24-17)13-6-2/h9-11,14-15,19,24H,5-8,12-13H2,1-4H3. The van der Waals surface area contributed by atoms with Crippen LogP contribution in [-0.4, -0.2) is 25.2 Å². The van der Waals surface area contributed by atoms with Crippen LogP contribution in [0.5, 0.6) is 0 Å². The number of allylic oxidation sites excluding steroid dienone is 2. The number of carbonyl (C=O) groups is 2. The molecule has 1 heterocycles. The summed E-state index contributed by atoms with van der Waals surface area (Å²) in [4.78, 5) is 25.9. The van der Waals surface area contributed by atoms with E-state index in [0.717, 1.165) is 29.8 Å². The maximum atomic E-state index is 13.0. The largest absolute Gasteiger partial charge is 0.463 e. The molecule has 0 bridgehead atoms. The van der Waals surface area contributed by atoms with Crippen molar-refractivity contribution in [3.8, 4) is 0 Å². The highest BCUT2D eigenvalue weighted by atomic mass is 16.5. The van der Waals surface area contributed by atoms with Gasteiger partial charge < -0.3 is 14.8 Å². The Morgan fingerprint density at radius 2 is 1.29 bits per heavy atom. The molecule has 5 nitrogen and oxygen atoms in total. The lowest BCUT2D eigenvalue weighted by atomic mass is 9.79. The molecular weight excluding hydrogens is 354 g/mol. The molecule has 28 heavy (non-hydrogen) atoms. The number of hydrogen-bond donors (Lipinski definition) is 1. The molecule has 1 aromatic carbocycles. The molecule has 1 aromatic rings. The van der Waals surface area contributed by atoms with E-state index < -0.39 is 5.92 Å². The Bertz CT molecular complexity index is 705. The maximum Gasteiger partial charge on any atom is 0.336 e. The van der Waals surface area contributed by atoms with E-state index in [4.69, 9.17) is 9.47 Å². The van der Waals surface area contributed by atoms with Crippen molar-refractivity contribution < 1.29 is 19.1 Å². The van der Waals surface area contributed by atoms with Gasteiger partial charge in [-0.15, -0.1) is 0 Å². The lowest BCUT2D eigenvalue weighted by Crippen LogP contribution is -2.34. The molecule has 1 N–H and O–H groups in total. The first-order valence-electron chi connectivity index (χ1n) is 10.2. The number of hydrogen-bond acceptors (Lipinski definition) is 5. The first-order valence-corrected chi connectivity index (χ1v) is 10.2. The predicted octanol–water partition coefficient (Wildman–Crippen LogP) is 4.61. The van der Waals surface area contributed by atoms with Crippen molar-refractivity contribution in [3.05, 3.63) is 58.4 Å². The van der Waals surface area contributed by atoms with Gasteiger partial charge in [0, 0.05) is 11.4 Å². The average Bonchev–Trinajstić information content (AvgIpc) is 2.69. The fourth-order valence-electron chi connectivity index (χ4n) is 3.58. The second-order valence-electron chi connectivity index (χ2n) is 6.69. The van der Waals surface area contributed by atoms with Gasteiger partial charge in [0.1, 0.15) is 0 Å². The number of ether oxygens (including phenoxy) is 2. The van der Waals surface area contributed by atoms with E-state index in [9.17, 15) is 9.59 Å². The Kier molecular flexibility index (Phi) is 8.30. The Hall–Kier alpha value is -2.56. The van der Waals surface area contributed by atoms with Crippen LogP contribution in [0.3, 0.4) is 0 Å². The molecule has 0 aliphatic carbocycles. The number of nitrogens with one attached hydrogen (secondary N) is 1. The van der Waals surface area contributed by atoms with Gasteiger partial charge in [-0.25, -0.2) is 9.59 Å². The van der Waals surface area contributed by atoms with Gasteiger partial charge in [0.15, 0.2) is 0 Å². The SMILES string of the molecule is CCCC1=C(C(=O)OCC)C(c2ccccc2)C(C(=O)OCC)=C(CCC)N1. The third-order valence-electron chi connectivity index (χ3n) is 4.65. The predicted molar refractivity (Wildman–Crippen MR) is 109 cm³/mol. The summed E-state index contributed by atoms with van der Waals surface area (Å²) in [5.41, 5.74) is 3.59. The van der Waals surface area contributed by atoms with Gasteiger partial charge in [-0.2, -0.15) is 0 Å². The van der Waals surface area contributed by atoms with Crippen molar-refractivity contribution >= 4 is 11.9 Å². The highest BCUT2D eigenvalue weighted by molar-refractivity contribution is 6.00. The van der Waals surface area contributed by atoms with Crippen molar-refractivity contribution in [1.29, 1.82) is 0 Å². The van der Waals surface area contributed by atoms with Gasteiger partial charge in [0.05, 0.1) is 30.3 Å². The number of dihydropyridines is 1. The Morgan fingerprint density at radius 1 is 0.821 bits per heavy atom. The van der Waals surface area contributed by atoms with Crippen LogP contribution in [0.1, 0.15) is 64.9 Å². The van der Waals surface area contributed by atoms with E-state index in [0.29, 0.717) is 24.0 Å². The zero-order chi connectivity index (χ0) is 20.5. The second-order valence-corrected chi connectivity index (χ2v) is 6.69. The first-order chi connectivity index (χ1) is 13.6. The van der Waals surface area contributed by atoms with Crippen molar-refractivity contribution in [2.45, 2.75) is 59.3 Å². The van der Waals surface area contributed by atoms with Crippen LogP contribution in [0.2, 0.25) is 0 Å². The molecule has 0 fully saturated rings. The van der Waals surface area contributed by atoms with Crippen molar-refractivity contribution in [3.63, 3.8) is 0 Å². The summed E-state index contributed by atoms with van der Waals surface area (Å²) in [6, 6.07) is 9.65. The minimum absolute atomic E-state index is 0.281. The van der Waals surface area contributed by atoms with E-state index in [2.05, 4.69) is 19.2 Å². The molecule has 152 valence electrons. The van der Waals surface area contributed by atoms with Gasteiger partial charge in [-0.05, 0) is 32.3 Å². The van der Waals surface area contributed by atoms with E-state index in [-0.39, 0.29) is 25.2 Å². The van der Waals surface area contributed by atoms with Gasteiger partial charge in [0.2, 0.25) is 0 Å². The van der Waals surface area contributed by atoms with Crippen LogP contribution in [0.4, 0.5) is 0 Å². The van der Waals surface area contributed by atoms with E-state index >= 15 is 0 Å². The highest BCUT2D eigenvalue weighted by Crippen LogP contribution is 2.41. The van der Waals surface area contributed by atoms with Crippen molar-refractivity contribution in [2.75, 3.05) is 13.2 Å². The molecule has 0 aromatic heterocycles. The van der Waals surface area contributed by atoms with Gasteiger partial charge in [-0.3, -0.25) is 0 Å². The molecule has 0 radical (unpaired) electrons. The molecule has 1 aliphatic rings. The Labute approximate surface area is 167 Å². The van der Waals surface area contributed by atoms with Gasteiger partial charge in [-0.1, -0.05) is 57.0 Å². The molecule has 1 aliphatic heterocycles. The van der Waals surface area contributed by atoms with Gasteiger partial charge in [0.25, 0.3) is 0 Å². The summed E-state index contributed by atoms with van der Waals surface area (Å²) in [7, 11) is 0. The number of esters is 2. The second kappa shape index (κ2) is 10.7. The maximum absolute atomic E-state index is 13.0. The van der Waals surface area contributed by atoms with Crippen LogP contribution < -0.4 is 5.32 Å². The zero-order valence-electron chi connectivity index (χ0n) is 17.3. The normalized spacial score (nSPS) is 14.7. The summed E-state index contributed by atoms with van der Waals surface area (Å²) in [6.07, 6.45) is 3.17. The fourth-order valence-corrected chi connectivity index (χ4v) is 3.58. The van der Waals surface area contributed by atoms with Gasteiger partial charge >= 0.3 is 11.9 Å². The molecule has 0 unspecified atom stereocenters. The summed E-state index contributed by atoms with van der Waals surface area (Å²) in [6.45, 7) is 8.28. The monoisotopic (exact) mass is 385 g/mol. The van der Waals surface area contributed by atoms with Crippen LogP contribution in [0.15, 0.2) is 52.9 Å². The fraction of sp³-hybridized carbons (Fsp3) is 0.478. The molecule has 2 rings (SSSR count). The van der Waals surface area contributed by atoms with Crippen LogP contribution in [0, 0.1) is 0 Å². The highest BCUT2D eigenvalue weighted by Gasteiger charge is 2.39. The summed E-state index contributed by atoms with van der Waals surface area (Å²) < 4.78 is 10.8. The molecule has 0 amide bonds. The lowest BCUT2D eigenvalue weighted by Gasteiger charge is -2.32. The third kappa shape index (κ3) is 4.83. The molecular formula is C23H31NO4. The van der Waals surface area contributed by atoms with Crippen molar-refractivity contribution in [1.82, 2.24) is 5.32 Å². The molecule has 0 saturated carbocycles. The summed E-state index contributed by atoms with van der Waals surface area (Å²) in [5.74, 6) is -1.27. The van der Waals surface area contributed by atoms with Crippen LogP contribution in [-0.2, 0) is 19.1 Å². The number of rotatable bonds is 9. The minimum atomic E-state index is -0.497. The topological polar surface area (TPSA) is 64.6 Å². The average molecular weight is 386 g/mol. The van der Waals surface area contributed by atoms with Crippen LogP contribution >= 0.6 is 0 Å². The third-order valence-corrected chi connectivity index (χ3v) is 4.65. The smallest absolute Gasteiger partial charge is 0.336 e. The minimum Gasteiger partial charge on any atom is -0.463 e. The summed E-state index contributed by atoms with van der Waals surface area (Å²) >= 11 is 0. The molecule has 5 heteroatoms. The molecule has 0 saturated heterocycles. The summed E-state index contributed by atoms with van der Waals surface area (Å²) in [5, 5.41) is 3.39. The van der Waals surface area contributed by atoms with Crippen LogP contribution in [0.25, 0.3) is 0 Å². The molecule has 0 atom stereocenters. The zero-order valence-corrected chi connectivity index (χ0v) is 17.3. The quantitative estimate of drug-likeness (QED) is 0.629.